The minimum absolute atomic E-state index is 0.332. The zero-order valence-corrected chi connectivity index (χ0v) is 10.3. The highest BCUT2D eigenvalue weighted by atomic mass is 16.6. The summed E-state index contributed by atoms with van der Waals surface area (Å²) >= 11 is 0. The fraction of sp³-hybridized carbons (Fsp3) is 0.800. The van der Waals surface area contributed by atoms with Gasteiger partial charge in [0.05, 0.1) is 7.11 Å². The summed E-state index contributed by atoms with van der Waals surface area (Å²) in [5.74, 6) is -0.383. The molecule has 0 rings (SSSR count). The quantitative estimate of drug-likeness (QED) is 0.651. The van der Waals surface area contributed by atoms with E-state index >= 15 is 0 Å². The number of hydrogen-bond donors (Lipinski definition) is 2. The molecule has 0 unspecified atom stereocenters. The Hall–Kier alpha value is -1.30. The first-order valence-corrected chi connectivity index (χ1v) is 5.14. The molecule has 0 saturated carbocycles. The maximum Gasteiger partial charge on any atom is 0.407 e. The van der Waals surface area contributed by atoms with Crippen LogP contribution in [0, 0.1) is 0 Å². The number of hydrogen-bond acceptors (Lipinski definition) is 4. The lowest BCUT2D eigenvalue weighted by atomic mass is 10.2. The molecule has 0 aliphatic heterocycles. The Bertz CT molecular complexity index is 248. The number of amides is 1. The first-order chi connectivity index (χ1) is 7.26. The molecule has 0 fully saturated rings. The Morgan fingerprint density at radius 3 is 2.38 bits per heavy atom. The molecule has 0 aliphatic carbocycles. The van der Waals surface area contributed by atoms with Gasteiger partial charge in [0.15, 0.2) is 6.04 Å². The lowest BCUT2D eigenvalue weighted by molar-refractivity contribution is -0.408. The van der Waals surface area contributed by atoms with Crippen LogP contribution < -0.4 is 11.1 Å². The van der Waals surface area contributed by atoms with Crippen LogP contribution in [0.1, 0.15) is 27.2 Å². The van der Waals surface area contributed by atoms with Crippen LogP contribution in [0.4, 0.5) is 4.79 Å². The van der Waals surface area contributed by atoms with Crippen LogP contribution in [-0.4, -0.2) is 37.4 Å². The zero-order valence-electron chi connectivity index (χ0n) is 10.3. The minimum Gasteiger partial charge on any atom is -0.465 e. The van der Waals surface area contributed by atoms with Crippen molar-refractivity contribution in [3.8, 4) is 0 Å². The molecule has 0 saturated heterocycles. The van der Waals surface area contributed by atoms with E-state index in [9.17, 15) is 9.59 Å². The Morgan fingerprint density at radius 2 is 1.94 bits per heavy atom. The van der Waals surface area contributed by atoms with Crippen molar-refractivity contribution in [3.63, 3.8) is 0 Å². The van der Waals surface area contributed by atoms with E-state index in [4.69, 9.17) is 4.74 Å². The van der Waals surface area contributed by atoms with Crippen LogP contribution in [-0.2, 0) is 14.3 Å². The van der Waals surface area contributed by atoms with Gasteiger partial charge in [-0.05, 0) is 20.8 Å². The summed E-state index contributed by atoms with van der Waals surface area (Å²) in [5.41, 5.74) is 3.10. The molecule has 0 aromatic carbocycles. The second kappa shape index (κ2) is 6.32. The van der Waals surface area contributed by atoms with Crippen LogP contribution >= 0.6 is 0 Å². The van der Waals surface area contributed by atoms with Gasteiger partial charge in [-0.1, -0.05) is 0 Å². The van der Waals surface area contributed by atoms with Gasteiger partial charge in [-0.3, -0.25) is 0 Å². The van der Waals surface area contributed by atoms with E-state index in [0.29, 0.717) is 13.0 Å². The average molecular weight is 233 g/mol. The molecular formula is C10H21N2O4+. The topological polar surface area (TPSA) is 92.3 Å². The Labute approximate surface area is 95.5 Å². The summed E-state index contributed by atoms with van der Waals surface area (Å²) in [6.07, 6.45) is -0.0732. The number of ether oxygens (including phenoxy) is 2. The van der Waals surface area contributed by atoms with Gasteiger partial charge in [-0.15, -0.1) is 0 Å². The van der Waals surface area contributed by atoms with Gasteiger partial charge < -0.3 is 20.5 Å². The summed E-state index contributed by atoms with van der Waals surface area (Å²) in [7, 11) is 1.31. The summed E-state index contributed by atoms with van der Waals surface area (Å²) in [5, 5.41) is 2.54. The lowest BCUT2D eigenvalue weighted by Crippen LogP contribution is -2.65. The van der Waals surface area contributed by atoms with Gasteiger partial charge >= 0.3 is 12.1 Å². The van der Waals surface area contributed by atoms with Crippen molar-refractivity contribution in [1.29, 1.82) is 0 Å². The molecule has 6 nitrogen and oxygen atoms in total. The molecule has 0 bridgehead atoms. The summed E-state index contributed by atoms with van der Waals surface area (Å²) in [6.45, 7) is 5.68. The molecule has 4 N–H and O–H groups in total. The normalized spacial score (nSPS) is 12.8. The largest absolute Gasteiger partial charge is 0.465 e. The van der Waals surface area contributed by atoms with E-state index in [-0.39, 0.29) is 5.97 Å². The Balaban J connectivity index is 3.74. The van der Waals surface area contributed by atoms with Gasteiger partial charge in [0.25, 0.3) is 0 Å². The fourth-order valence-corrected chi connectivity index (χ4v) is 0.947. The highest BCUT2D eigenvalue weighted by molar-refractivity contribution is 5.74. The van der Waals surface area contributed by atoms with Crippen molar-refractivity contribution in [2.24, 2.45) is 0 Å². The standard InChI is InChI=1S/C10H20N2O4/c1-10(2,3)16-9(14)12-6-5-7(11)8(13)15-4/h7H,5-6,11H2,1-4H3,(H,12,14)/p+1/t7-/m0/s1. The van der Waals surface area contributed by atoms with Crippen LogP contribution in [0.5, 0.6) is 0 Å². The van der Waals surface area contributed by atoms with Crippen molar-refractivity contribution in [1.82, 2.24) is 5.32 Å². The summed E-state index contributed by atoms with van der Waals surface area (Å²) < 4.78 is 9.52. The first kappa shape index (κ1) is 14.7. The minimum atomic E-state index is -0.518. The van der Waals surface area contributed by atoms with E-state index in [2.05, 4.69) is 15.8 Å². The van der Waals surface area contributed by atoms with Crippen molar-refractivity contribution in [3.05, 3.63) is 0 Å². The SMILES string of the molecule is COC(=O)[C@@H]([NH3+])CCNC(=O)OC(C)(C)C. The van der Waals surface area contributed by atoms with E-state index in [1.165, 1.54) is 7.11 Å². The Kier molecular flexibility index (Phi) is 5.81. The smallest absolute Gasteiger partial charge is 0.407 e. The van der Waals surface area contributed by atoms with Crippen molar-refractivity contribution in [2.75, 3.05) is 13.7 Å². The molecule has 0 heterocycles. The van der Waals surface area contributed by atoms with Crippen molar-refractivity contribution in [2.45, 2.75) is 38.8 Å². The van der Waals surface area contributed by atoms with Gasteiger partial charge in [-0.2, -0.15) is 0 Å². The molecule has 0 aromatic heterocycles. The first-order valence-electron chi connectivity index (χ1n) is 5.14. The summed E-state index contributed by atoms with van der Waals surface area (Å²) in [4.78, 5) is 22.2. The third-order valence-corrected chi connectivity index (χ3v) is 1.70. The van der Waals surface area contributed by atoms with Crippen molar-refractivity contribution >= 4 is 12.1 Å². The van der Waals surface area contributed by atoms with Crippen LogP contribution in [0.25, 0.3) is 0 Å². The molecule has 0 spiro atoms. The van der Waals surface area contributed by atoms with Gasteiger partial charge in [0, 0.05) is 13.0 Å². The zero-order chi connectivity index (χ0) is 12.8. The molecule has 6 heteroatoms. The molecular weight excluding hydrogens is 212 g/mol. The predicted molar refractivity (Wildman–Crippen MR) is 57.5 cm³/mol. The van der Waals surface area contributed by atoms with Crippen LogP contribution in [0.2, 0.25) is 0 Å². The number of carbonyl (C=O) groups is 2. The molecule has 0 aliphatic rings. The second-order valence-corrected chi connectivity index (χ2v) is 4.44. The van der Waals surface area contributed by atoms with E-state index in [0.717, 1.165) is 0 Å². The van der Waals surface area contributed by atoms with Crippen LogP contribution in [0.3, 0.4) is 0 Å². The number of nitrogens with one attached hydrogen (secondary N) is 1. The third-order valence-electron chi connectivity index (χ3n) is 1.70. The summed E-state index contributed by atoms with van der Waals surface area (Å²) in [6, 6.07) is -0.472. The number of methoxy groups -OCH3 is 1. The molecule has 94 valence electrons. The maximum absolute atomic E-state index is 11.2. The molecule has 0 aromatic rings. The predicted octanol–water partition coefficient (Wildman–Crippen LogP) is -0.315. The molecule has 1 amide bonds. The Morgan fingerprint density at radius 1 is 1.38 bits per heavy atom. The number of quaternary nitrogens is 1. The third kappa shape index (κ3) is 7.05. The number of carbonyl (C=O) groups excluding carboxylic acids is 2. The molecule has 0 radical (unpaired) electrons. The van der Waals surface area contributed by atoms with E-state index in [1.54, 1.807) is 20.8 Å². The van der Waals surface area contributed by atoms with Gasteiger partial charge in [0.1, 0.15) is 5.60 Å². The number of alkyl carbamates (subject to hydrolysis) is 1. The molecule has 1 atom stereocenters. The number of esters is 1. The van der Waals surface area contributed by atoms with Crippen molar-refractivity contribution < 1.29 is 24.8 Å². The number of rotatable bonds is 4. The average Bonchev–Trinajstić information content (AvgIpc) is 2.13. The van der Waals surface area contributed by atoms with Crippen LogP contribution in [0.15, 0.2) is 0 Å². The lowest BCUT2D eigenvalue weighted by Gasteiger charge is -2.19. The highest BCUT2D eigenvalue weighted by Gasteiger charge is 2.19. The van der Waals surface area contributed by atoms with Gasteiger partial charge in [0.2, 0.25) is 0 Å². The monoisotopic (exact) mass is 233 g/mol. The maximum atomic E-state index is 11.2. The second-order valence-electron chi connectivity index (χ2n) is 4.44. The van der Waals surface area contributed by atoms with E-state index < -0.39 is 17.7 Å². The molecule has 16 heavy (non-hydrogen) atoms. The van der Waals surface area contributed by atoms with E-state index in [1.807, 2.05) is 0 Å². The fourth-order valence-electron chi connectivity index (χ4n) is 0.947. The van der Waals surface area contributed by atoms with Gasteiger partial charge in [-0.25, -0.2) is 9.59 Å². The highest BCUT2D eigenvalue weighted by Crippen LogP contribution is 2.06.